The number of carbonyl (C=O) groups excluding carboxylic acids is 3. The van der Waals surface area contributed by atoms with Gasteiger partial charge in [0.2, 0.25) is 17.7 Å². The van der Waals surface area contributed by atoms with E-state index in [1.54, 1.807) is 14.1 Å². The van der Waals surface area contributed by atoms with Crippen LogP contribution in [0.25, 0.3) is 0 Å². The molecule has 5 N–H and O–H groups in total. The summed E-state index contributed by atoms with van der Waals surface area (Å²) in [6.07, 6.45) is 0.806. The minimum Gasteiger partial charge on any atom is -0.481 e. The number of nitrogens with one attached hydrogen (secondary N) is 3. The van der Waals surface area contributed by atoms with Crippen molar-refractivity contribution in [1.82, 2.24) is 20.9 Å². The van der Waals surface area contributed by atoms with Gasteiger partial charge in [-0.15, -0.1) is 0 Å². The van der Waals surface area contributed by atoms with E-state index in [4.69, 9.17) is 5.11 Å². The minimum absolute atomic E-state index is 0.0247. The van der Waals surface area contributed by atoms with Crippen molar-refractivity contribution in [2.75, 3.05) is 20.6 Å². The van der Waals surface area contributed by atoms with E-state index < -0.39 is 53.2 Å². The Bertz CT molecular complexity index is 1180. The van der Waals surface area contributed by atoms with Gasteiger partial charge in [-0.1, -0.05) is 70.0 Å². The van der Waals surface area contributed by atoms with Gasteiger partial charge in [0, 0.05) is 31.0 Å². The molecule has 3 atom stereocenters. The Morgan fingerprint density at radius 3 is 1.93 bits per heavy atom. The molecule has 0 aliphatic carbocycles. The van der Waals surface area contributed by atoms with Crippen LogP contribution in [0.3, 0.4) is 0 Å². The van der Waals surface area contributed by atoms with Gasteiger partial charge in [-0.05, 0) is 45.2 Å². The molecule has 11 nitrogen and oxygen atoms in total. The number of amides is 3. The highest BCUT2D eigenvalue weighted by Gasteiger charge is 2.40. The van der Waals surface area contributed by atoms with Crippen LogP contribution in [-0.4, -0.2) is 83.5 Å². The number of aliphatic carboxylic acids is 2. The fourth-order valence-corrected chi connectivity index (χ4v) is 4.68. The van der Waals surface area contributed by atoms with Crippen molar-refractivity contribution in [3.05, 3.63) is 46.5 Å². The first-order valence-electron chi connectivity index (χ1n) is 14.0. The number of likely N-dealkylation sites (N-methyl/N-ethyl adjacent to an activating group) is 2. The molecule has 1 aromatic rings. The summed E-state index contributed by atoms with van der Waals surface area (Å²) in [6.45, 7) is 15.0. The standard InChI is InChI=1S/C31H48N4O7/c1-18-15-19(2)17-21(16-18)31(7,8)24(32-9)27(39)34-25(30(4,5)6)28(40)35(10)14-13-20(3)26(38)33-22(29(41)42)11-12-23(36)37/h13,15-17,22,24-25,32H,11-12,14H2,1-10H3,(H,33,38)(H,34,39)(H,36,37)(H,41,42)/b20-13+. The van der Waals surface area contributed by atoms with E-state index in [2.05, 4.69) is 34.1 Å². The Morgan fingerprint density at radius 2 is 1.48 bits per heavy atom. The predicted octanol–water partition coefficient (Wildman–Crippen LogP) is 2.54. The minimum atomic E-state index is -1.36. The molecular formula is C31H48N4O7. The molecule has 42 heavy (non-hydrogen) atoms. The third-order valence-corrected chi connectivity index (χ3v) is 7.29. The van der Waals surface area contributed by atoms with Crippen LogP contribution in [0.4, 0.5) is 0 Å². The highest BCUT2D eigenvalue weighted by Crippen LogP contribution is 2.30. The van der Waals surface area contributed by atoms with Crippen molar-refractivity contribution in [1.29, 1.82) is 0 Å². The molecule has 0 aromatic heterocycles. The summed E-state index contributed by atoms with van der Waals surface area (Å²) < 4.78 is 0. The van der Waals surface area contributed by atoms with Gasteiger partial charge in [0.25, 0.3) is 0 Å². The largest absolute Gasteiger partial charge is 0.481 e. The maximum atomic E-state index is 13.7. The molecule has 0 aliphatic rings. The van der Waals surface area contributed by atoms with Crippen LogP contribution in [0.15, 0.2) is 29.8 Å². The molecule has 0 spiro atoms. The zero-order valence-electron chi connectivity index (χ0n) is 26.5. The maximum Gasteiger partial charge on any atom is 0.326 e. The molecule has 0 bridgehead atoms. The lowest BCUT2D eigenvalue weighted by atomic mass is 9.76. The Labute approximate surface area is 249 Å². The second-order valence-corrected chi connectivity index (χ2v) is 12.5. The van der Waals surface area contributed by atoms with E-state index in [0.29, 0.717) is 0 Å². The van der Waals surface area contributed by atoms with Crippen molar-refractivity contribution in [3.63, 3.8) is 0 Å². The van der Waals surface area contributed by atoms with Crippen molar-refractivity contribution in [3.8, 4) is 0 Å². The average Bonchev–Trinajstić information content (AvgIpc) is 2.86. The van der Waals surface area contributed by atoms with E-state index in [-0.39, 0.29) is 30.4 Å². The van der Waals surface area contributed by atoms with E-state index in [1.807, 2.05) is 48.5 Å². The molecule has 0 radical (unpaired) electrons. The van der Waals surface area contributed by atoms with Gasteiger partial charge in [0.05, 0.1) is 6.04 Å². The van der Waals surface area contributed by atoms with Gasteiger partial charge in [-0.2, -0.15) is 0 Å². The Hall–Kier alpha value is -3.73. The topological polar surface area (TPSA) is 165 Å². The summed E-state index contributed by atoms with van der Waals surface area (Å²) in [6, 6.07) is 3.31. The molecule has 234 valence electrons. The number of nitrogens with zero attached hydrogens (tertiary/aromatic N) is 1. The smallest absolute Gasteiger partial charge is 0.326 e. The molecule has 3 amide bonds. The first kappa shape index (κ1) is 36.3. The molecular weight excluding hydrogens is 540 g/mol. The maximum absolute atomic E-state index is 13.7. The molecule has 1 rings (SSSR count). The van der Waals surface area contributed by atoms with E-state index in [9.17, 15) is 29.1 Å². The zero-order chi connectivity index (χ0) is 32.6. The quantitative estimate of drug-likeness (QED) is 0.207. The molecule has 0 fully saturated rings. The third kappa shape index (κ3) is 10.3. The summed E-state index contributed by atoms with van der Waals surface area (Å²) in [5.74, 6) is -3.87. The van der Waals surface area contributed by atoms with Crippen LogP contribution in [0.1, 0.15) is 71.1 Å². The first-order chi connectivity index (χ1) is 19.2. The second-order valence-electron chi connectivity index (χ2n) is 12.5. The van der Waals surface area contributed by atoms with Gasteiger partial charge >= 0.3 is 11.9 Å². The van der Waals surface area contributed by atoms with Gasteiger partial charge in [-0.3, -0.25) is 19.2 Å². The second kappa shape index (κ2) is 14.9. The number of hydrogen-bond donors (Lipinski definition) is 5. The fraction of sp³-hybridized carbons (Fsp3) is 0.581. The van der Waals surface area contributed by atoms with E-state index in [1.165, 1.54) is 17.9 Å². The summed E-state index contributed by atoms with van der Waals surface area (Å²) in [5.41, 5.74) is 2.11. The highest BCUT2D eigenvalue weighted by atomic mass is 16.4. The number of aryl methyl sites for hydroxylation is 2. The molecule has 0 aliphatic heterocycles. The summed E-state index contributed by atoms with van der Waals surface area (Å²) in [4.78, 5) is 63.3. The molecule has 0 saturated heterocycles. The first-order valence-corrected chi connectivity index (χ1v) is 14.0. The zero-order valence-corrected chi connectivity index (χ0v) is 26.5. The Balaban J connectivity index is 3.08. The predicted molar refractivity (Wildman–Crippen MR) is 161 cm³/mol. The number of rotatable bonds is 14. The van der Waals surface area contributed by atoms with Crippen LogP contribution >= 0.6 is 0 Å². The lowest BCUT2D eigenvalue weighted by Crippen LogP contribution is -2.60. The summed E-state index contributed by atoms with van der Waals surface area (Å²) >= 11 is 0. The fourth-order valence-electron chi connectivity index (χ4n) is 4.68. The molecule has 1 aromatic carbocycles. The van der Waals surface area contributed by atoms with Gasteiger partial charge in [0.15, 0.2) is 0 Å². The normalized spacial score (nSPS) is 14.4. The molecule has 3 unspecified atom stereocenters. The number of carboxylic acids is 2. The van der Waals surface area contributed by atoms with Gasteiger partial charge in [0.1, 0.15) is 12.1 Å². The number of carboxylic acid groups (broad SMARTS) is 2. The molecule has 11 heteroatoms. The molecule has 0 heterocycles. The average molecular weight is 589 g/mol. The van der Waals surface area contributed by atoms with Crippen LogP contribution in [0.2, 0.25) is 0 Å². The van der Waals surface area contributed by atoms with Crippen molar-refractivity contribution in [2.45, 2.75) is 91.8 Å². The van der Waals surface area contributed by atoms with Crippen LogP contribution < -0.4 is 16.0 Å². The highest BCUT2D eigenvalue weighted by molar-refractivity contribution is 5.96. The van der Waals surface area contributed by atoms with Crippen LogP contribution in [-0.2, 0) is 29.4 Å². The lowest BCUT2D eigenvalue weighted by Gasteiger charge is -2.38. The Morgan fingerprint density at radius 1 is 0.929 bits per heavy atom. The van der Waals surface area contributed by atoms with E-state index in [0.717, 1.165) is 16.7 Å². The van der Waals surface area contributed by atoms with Crippen molar-refractivity contribution >= 4 is 29.7 Å². The van der Waals surface area contributed by atoms with Crippen LogP contribution in [0.5, 0.6) is 0 Å². The van der Waals surface area contributed by atoms with Crippen LogP contribution in [0, 0.1) is 19.3 Å². The lowest BCUT2D eigenvalue weighted by molar-refractivity contribution is -0.142. The Kier molecular flexibility index (Phi) is 12.9. The van der Waals surface area contributed by atoms with Crippen molar-refractivity contribution < 1.29 is 34.2 Å². The van der Waals surface area contributed by atoms with Gasteiger partial charge in [-0.25, -0.2) is 4.79 Å². The third-order valence-electron chi connectivity index (χ3n) is 7.29. The number of hydrogen-bond acceptors (Lipinski definition) is 6. The van der Waals surface area contributed by atoms with Crippen molar-refractivity contribution in [2.24, 2.45) is 5.41 Å². The SMILES string of the molecule is CNC(C(=O)NC(C(=O)N(C)C/C=C(\C)C(=O)NC(CCC(=O)O)C(=O)O)C(C)(C)C)C(C)(C)c1cc(C)cc(C)c1. The number of benzene rings is 1. The molecule has 0 saturated carbocycles. The van der Waals surface area contributed by atoms with Gasteiger partial charge < -0.3 is 31.1 Å². The summed E-state index contributed by atoms with van der Waals surface area (Å²) in [5, 5.41) is 26.5. The monoisotopic (exact) mass is 588 g/mol. The van der Waals surface area contributed by atoms with E-state index >= 15 is 0 Å². The summed E-state index contributed by atoms with van der Waals surface area (Å²) in [7, 11) is 3.26. The number of carbonyl (C=O) groups is 5.